The molecule has 0 bridgehead atoms. The average molecular weight is 374 g/mol. The molecule has 2 aromatic heterocycles. The molecule has 1 aromatic carbocycles. The summed E-state index contributed by atoms with van der Waals surface area (Å²) in [6, 6.07) is 12.7. The lowest BCUT2D eigenvalue weighted by Crippen LogP contribution is -2.29. The zero-order valence-electron chi connectivity index (χ0n) is 16.4. The number of nitrogens with two attached hydrogens (primary N) is 1. The summed E-state index contributed by atoms with van der Waals surface area (Å²) in [5.41, 5.74) is 12.4. The number of aliphatic imine (C=N–C) groups is 1. The Hall–Kier alpha value is -3.15. The van der Waals surface area contributed by atoms with Crippen LogP contribution < -0.4 is 11.1 Å². The molecule has 1 fully saturated rings. The van der Waals surface area contributed by atoms with Crippen molar-refractivity contribution < 1.29 is 0 Å². The van der Waals surface area contributed by atoms with E-state index < -0.39 is 0 Å². The first-order valence-electron chi connectivity index (χ1n) is 9.82. The van der Waals surface area contributed by atoms with Gasteiger partial charge < -0.3 is 11.1 Å². The molecule has 0 saturated heterocycles. The first-order valence-corrected chi connectivity index (χ1v) is 9.82. The summed E-state index contributed by atoms with van der Waals surface area (Å²) in [5, 5.41) is 8.14. The van der Waals surface area contributed by atoms with Gasteiger partial charge in [-0.1, -0.05) is 24.3 Å². The molecule has 6 nitrogen and oxygen atoms in total. The molecular formula is C22H26N6. The van der Waals surface area contributed by atoms with Gasteiger partial charge in [0.05, 0.1) is 0 Å². The van der Waals surface area contributed by atoms with E-state index in [0.717, 1.165) is 48.3 Å². The van der Waals surface area contributed by atoms with Crippen LogP contribution in [0.2, 0.25) is 0 Å². The number of anilines is 1. The number of hydrogen-bond donors (Lipinski definition) is 2. The zero-order valence-corrected chi connectivity index (χ0v) is 16.4. The van der Waals surface area contributed by atoms with Gasteiger partial charge in [0.25, 0.3) is 0 Å². The van der Waals surface area contributed by atoms with Crippen LogP contribution in [0.25, 0.3) is 16.8 Å². The van der Waals surface area contributed by atoms with Gasteiger partial charge in [-0.25, -0.2) is 4.52 Å². The lowest BCUT2D eigenvalue weighted by atomic mass is 9.89. The highest BCUT2D eigenvalue weighted by atomic mass is 15.3. The summed E-state index contributed by atoms with van der Waals surface area (Å²) in [4.78, 5) is 9.36. The first-order chi connectivity index (χ1) is 13.7. The number of benzene rings is 1. The van der Waals surface area contributed by atoms with E-state index in [-0.39, 0.29) is 6.04 Å². The summed E-state index contributed by atoms with van der Waals surface area (Å²) >= 11 is 0. The second kappa shape index (κ2) is 7.84. The Bertz CT molecular complexity index is 1050. The zero-order chi connectivity index (χ0) is 19.5. The van der Waals surface area contributed by atoms with E-state index in [1.807, 2.05) is 16.8 Å². The van der Waals surface area contributed by atoms with E-state index in [9.17, 15) is 0 Å². The summed E-state index contributed by atoms with van der Waals surface area (Å²) in [6.07, 6.45) is 6.39. The van der Waals surface area contributed by atoms with Crippen LogP contribution in [0.5, 0.6) is 0 Å². The molecule has 0 spiro atoms. The molecular weight excluding hydrogens is 348 g/mol. The Balaban J connectivity index is 1.61. The Morgan fingerprint density at radius 1 is 1.25 bits per heavy atom. The van der Waals surface area contributed by atoms with Crippen LogP contribution in [0.1, 0.15) is 31.7 Å². The van der Waals surface area contributed by atoms with Crippen LogP contribution in [-0.4, -0.2) is 32.9 Å². The predicted molar refractivity (Wildman–Crippen MR) is 115 cm³/mol. The van der Waals surface area contributed by atoms with Gasteiger partial charge in [-0.2, -0.15) is 4.98 Å². The number of aryl methyl sites for hydroxylation is 1. The summed E-state index contributed by atoms with van der Waals surface area (Å²) in [5.74, 6) is 0.651. The molecule has 1 aliphatic rings. The van der Waals surface area contributed by atoms with Crippen LogP contribution in [0.15, 0.2) is 59.4 Å². The second-order valence-electron chi connectivity index (χ2n) is 7.14. The Labute approximate surface area is 165 Å². The van der Waals surface area contributed by atoms with Gasteiger partial charge in [-0.3, -0.25) is 4.99 Å². The Morgan fingerprint density at radius 3 is 2.86 bits per heavy atom. The fourth-order valence-corrected chi connectivity index (χ4v) is 3.85. The molecule has 1 atom stereocenters. The van der Waals surface area contributed by atoms with E-state index in [1.165, 1.54) is 11.1 Å². The highest BCUT2D eigenvalue weighted by Gasteiger charge is 2.23. The maximum atomic E-state index is 5.83. The lowest BCUT2D eigenvalue weighted by molar-refractivity contribution is 0.637. The minimum atomic E-state index is 0.255. The predicted octanol–water partition coefficient (Wildman–Crippen LogP) is 3.97. The third-order valence-electron chi connectivity index (χ3n) is 5.25. The molecule has 0 aliphatic heterocycles. The normalized spacial score (nSPS) is 20.1. The molecule has 144 valence electrons. The fourth-order valence-electron chi connectivity index (χ4n) is 3.85. The van der Waals surface area contributed by atoms with Gasteiger partial charge in [0.1, 0.15) is 0 Å². The van der Waals surface area contributed by atoms with Gasteiger partial charge in [0.2, 0.25) is 5.95 Å². The van der Waals surface area contributed by atoms with Crippen LogP contribution in [0, 0.1) is 6.92 Å². The molecule has 1 unspecified atom stereocenters. The topological polar surface area (TPSA) is 80.6 Å². The van der Waals surface area contributed by atoms with Crippen molar-refractivity contribution in [1.29, 1.82) is 0 Å². The summed E-state index contributed by atoms with van der Waals surface area (Å²) in [6.45, 7) is 4.96. The Morgan fingerprint density at radius 2 is 2.07 bits per heavy atom. The van der Waals surface area contributed by atoms with Crippen LogP contribution >= 0.6 is 0 Å². The van der Waals surface area contributed by atoms with Crippen molar-refractivity contribution in [3.8, 4) is 11.1 Å². The molecule has 28 heavy (non-hydrogen) atoms. The maximum absolute atomic E-state index is 5.83. The van der Waals surface area contributed by atoms with E-state index in [4.69, 9.17) is 10.7 Å². The van der Waals surface area contributed by atoms with Crippen molar-refractivity contribution in [2.45, 2.75) is 39.2 Å². The molecule has 1 saturated carbocycles. The molecule has 0 amide bonds. The number of rotatable bonds is 4. The minimum Gasteiger partial charge on any atom is -0.404 e. The molecule has 6 heteroatoms. The van der Waals surface area contributed by atoms with Gasteiger partial charge in [-0.15, -0.1) is 5.10 Å². The number of aromatic nitrogens is 3. The maximum Gasteiger partial charge on any atom is 0.243 e. The van der Waals surface area contributed by atoms with Crippen molar-refractivity contribution in [1.82, 2.24) is 14.6 Å². The third-order valence-corrected chi connectivity index (χ3v) is 5.25. The Kier molecular flexibility index (Phi) is 5.10. The molecule has 3 aromatic rings. The van der Waals surface area contributed by atoms with Crippen LogP contribution in [0.3, 0.4) is 0 Å². The van der Waals surface area contributed by atoms with E-state index in [1.54, 1.807) is 6.20 Å². The van der Waals surface area contributed by atoms with Gasteiger partial charge in [0.15, 0.2) is 5.65 Å². The van der Waals surface area contributed by atoms with Crippen molar-refractivity contribution >= 4 is 17.3 Å². The first kappa shape index (κ1) is 18.2. The van der Waals surface area contributed by atoms with Crippen molar-refractivity contribution in [3.05, 3.63) is 59.9 Å². The van der Waals surface area contributed by atoms with Gasteiger partial charge in [0, 0.05) is 30.1 Å². The number of pyridine rings is 1. The quantitative estimate of drug-likeness (QED) is 0.724. The molecule has 1 aliphatic carbocycles. The number of nitrogens with one attached hydrogen (secondary N) is 1. The average Bonchev–Trinajstić information content (AvgIpc) is 3.12. The van der Waals surface area contributed by atoms with Crippen molar-refractivity contribution in [2.24, 2.45) is 10.7 Å². The number of fused-ring (bicyclic) bond motifs is 1. The summed E-state index contributed by atoms with van der Waals surface area (Å²) < 4.78 is 1.84. The number of hydrogen-bond acceptors (Lipinski definition) is 5. The lowest BCUT2D eigenvalue weighted by Gasteiger charge is -2.25. The fraction of sp³-hybridized carbons (Fsp3) is 0.318. The standard InChI is InChI=1S/C22H26N6/c1-3-24-20-11-10-17(13-16(20)14-23)25-22-26-21-19(9-6-12-28(21)27-22)18-8-5-4-7-15(18)2/h4-9,12,14,17H,3,10-11,13,23H2,1-2H3,(H,25,27). The van der Waals surface area contributed by atoms with Gasteiger partial charge >= 0.3 is 0 Å². The largest absolute Gasteiger partial charge is 0.404 e. The minimum absolute atomic E-state index is 0.255. The van der Waals surface area contributed by atoms with E-state index in [0.29, 0.717) is 5.95 Å². The van der Waals surface area contributed by atoms with E-state index >= 15 is 0 Å². The van der Waals surface area contributed by atoms with Crippen LogP contribution in [-0.2, 0) is 0 Å². The second-order valence-corrected chi connectivity index (χ2v) is 7.14. The van der Waals surface area contributed by atoms with Crippen LogP contribution in [0.4, 0.5) is 5.95 Å². The monoisotopic (exact) mass is 374 g/mol. The van der Waals surface area contributed by atoms with Gasteiger partial charge in [-0.05, 0) is 68.1 Å². The molecule has 4 rings (SSSR count). The highest BCUT2D eigenvalue weighted by molar-refractivity contribution is 6.01. The van der Waals surface area contributed by atoms with Crippen molar-refractivity contribution in [2.75, 3.05) is 11.9 Å². The highest BCUT2D eigenvalue weighted by Crippen LogP contribution is 2.28. The third kappa shape index (κ3) is 3.50. The molecule has 3 N–H and O–H groups in total. The van der Waals surface area contributed by atoms with Crippen molar-refractivity contribution in [3.63, 3.8) is 0 Å². The molecule has 2 heterocycles. The molecule has 0 radical (unpaired) electrons. The van der Waals surface area contributed by atoms with E-state index in [2.05, 4.69) is 59.6 Å². The smallest absolute Gasteiger partial charge is 0.243 e. The number of nitrogens with zero attached hydrogens (tertiary/aromatic N) is 4. The summed E-state index contributed by atoms with van der Waals surface area (Å²) in [7, 11) is 0. The SMILES string of the molecule is CCN=C1CCC(Nc2nc3c(-c4ccccc4C)cccn3n2)CC1=CN.